The van der Waals surface area contributed by atoms with Crippen LogP contribution in [0.5, 0.6) is 0 Å². The van der Waals surface area contributed by atoms with Gasteiger partial charge < -0.3 is 16.6 Å². The lowest BCUT2D eigenvalue weighted by molar-refractivity contribution is 0.0444. The molecule has 1 unspecified atom stereocenters. The molecule has 1 aliphatic rings. The van der Waals surface area contributed by atoms with Crippen molar-refractivity contribution in [2.45, 2.75) is 38.3 Å². The summed E-state index contributed by atoms with van der Waals surface area (Å²) in [7, 11) is 0. The molecule has 0 bridgehead atoms. The van der Waals surface area contributed by atoms with Crippen LogP contribution in [-0.2, 0) is 6.54 Å². The summed E-state index contributed by atoms with van der Waals surface area (Å²) in [6.07, 6.45) is 2.58. The number of amides is 1. The van der Waals surface area contributed by atoms with Crippen molar-refractivity contribution < 1.29 is 9.90 Å². The molecule has 1 aromatic rings. The Bertz CT molecular complexity index is 500. The molecule has 0 aliphatic carbocycles. The monoisotopic (exact) mass is 277 g/mol. The summed E-state index contributed by atoms with van der Waals surface area (Å²) in [4.78, 5) is 13.4. The van der Waals surface area contributed by atoms with Gasteiger partial charge in [-0.2, -0.15) is 0 Å². The van der Waals surface area contributed by atoms with Crippen LogP contribution in [0, 0.1) is 0 Å². The maximum Gasteiger partial charge on any atom is 0.248 e. The second-order valence-electron chi connectivity index (χ2n) is 5.90. The Balaban J connectivity index is 2.05. The number of benzene rings is 1. The van der Waals surface area contributed by atoms with Crippen molar-refractivity contribution in [1.29, 1.82) is 0 Å². The minimum atomic E-state index is -0.559. The topological polar surface area (TPSA) is 92.6 Å². The Morgan fingerprint density at radius 2 is 2.15 bits per heavy atom. The summed E-state index contributed by atoms with van der Waals surface area (Å²) >= 11 is 0. The number of nitrogens with zero attached hydrogens (tertiary/aromatic N) is 1. The SMILES string of the molecule is CC1(O)CCCN(Cc2ccc(C(N)=O)cc2N)CC1. The van der Waals surface area contributed by atoms with Crippen molar-refractivity contribution in [1.82, 2.24) is 4.90 Å². The minimum Gasteiger partial charge on any atom is -0.398 e. The predicted octanol–water partition coefficient (Wildman–Crippen LogP) is 1.10. The summed E-state index contributed by atoms with van der Waals surface area (Å²) < 4.78 is 0. The van der Waals surface area contributed by atoms with E-state index in [9.17, 15) is 9.90 Å². The van der Waals surface area contributed by atoms with E-state index in [4.69, 9.17) is 11.5 Å². The standard InChI is InChI=1S/C15H23N3O2/c1-15(20)5-2-7-18(8-6-15)10-12-4-3-11(14(17)19)9-13(12)16/h3-4,9,20H,2,5-8,10,16H2,1H3,(H2,17,19). The van der Waals surface area contributed by atoms with E-state index >= 15 is 0 Å². The van der Waals surface area contributed by atoms with Crippen LogP contribution in [0.25, 0.3) is 0 Å². The molecule has 1 amide bonds. The highest BCUT2D eigenvalue weighted by molar-refractivity contribution is 5.93. The van der Waals surface area contributed by atoms with Crippen molar-refractivity contribution in [3.63, 3.8) is 0 Å². The van der Waals surface area contributed by atoms with Gasteiger partial charge in [-0.1, -0.05) is 6.07 Å². The summed E-state index contributed by atoms with van der Waals surface area (Å²) in [6.45, 7) is 4.44. The normalized spacial score (nSPS) is 24.3. The van der Waals surface area contributed by atoms with Crippen molar-refractivity contribution in [3.05, 3.63) is 29.3 Å². The van der Waals surface area contributed by atoms with E-state index in [1.54, 1.807) is 12.1 Å². The lowest BCUT2D eigenvalue weighted by Crippen LogP contribution is -2.28. The van der Waals surface area contributed by atoms with Crippen LogP contribution in [-0.4, -0.2) is 34.6 Å². The molecule has 1 fully saturated rings. The fourth-order valence-corrected chi connectivity index (χ4v) is 2.61. The molecular formula is C15H23N3O2. The number of hydrogen-bond acceptors (Lipinski definition) is 4. The van der Waals surface area contributed by atoms with Crippen LogP contribution in [0.3, 0.4) is 0 Å². The molecule has 1 aliphatic heterocycles. The maximum atomic E-state index is 11.1. The number of likely N-dealkylation sites (tertiary alicyclic amines) is 1. The first kappa shape index (κ1) is 14.8. The molecule has 5 heteroatoms. The van der Waals surface area contributed by atoms with Gasteiger partial charge >= 0.3 is 0 Å². The minimum absolute atomic E-state index is 0.435. The largest absolute Gasteiger partial charge is 0.398 e. The fraction of sp³-hybridized carbons (Fsp3) is 0.533. The third-order valence-corrected chi connectivity index (χ3v) is 3.98. The van der Waals surface area contributed by atoms with Gasteiger partial charge in [-0.15, -0.1) is 0 Å². The van der Waals surface area contributed by atoms with Gasteiger partial charge in [-0.3, -0.25) is 9.69 Å². The van der Waals surface area contributed by atoms with Gasteiger partial charge in [0.25, 0.3) is 0 Å². The highest BCUT2D eigenvalue weighted by atomic mass is 16.3. The Morgan fingerprint density at radius 3 is 2.80 bits per heavy atom. The predicted molar refractivity (Wildman–Crippen MR) is 79.1 cm³/mol. The maximum absolute atomic E-state index is 11.1. The number of rotatable bonds is 3. The molecule has 1 heterocycles. The van der Waals surface area contributed by atoms with Crippen LogP contribution >= 0.6 is 0 Å². The Kier molecular flexibility index (Phi) is 4.30. The van der Waals surface area contributed by atoms with Crippen molar-refractivity contribution in [2.24, 2.45) is 5.73 Å². The molecule has 110 valence electrons. The van der Waals surface area contributed by atoms with Crippen molar-refractivity contribution >= 4 is 11.6 Å². The van der Waals surface area contributed by atoms with Crippen LogP contribution in [0.4, 0.5) is 5.69 Å². The Hall–Kier alpha value is -1.59. The van der Waals surface area contributed by atoms with Gasteiger partial charge in [-0.25, -0.2) is 0 Å². The number of nitrogens with two attached hydrogens (primary N) is 2. The van der Waals surface area contributed by atoms with Gasteiger partial charge in [0.15, 0.2) is 0 Å². The van der Waals surface area contributed by atoms with E-state index in [1.807, 2.05) is 13.0 Å². The zero-order chi connectivity index (χ0) is 14.8. The quantitative estimate of drug-likeness (QED) is 0.721. The molecule has 0 spiro atoms. The smallest absolute Gasteiger partial charge is 0.248 e. The molecule has 2 rings (SSSR count). The number of anilines is 1. The Morgan fingerprint density at radius 1 is 1.40 bits per heavy atom. The van der Waals surface area contributed by atoms with E-state index in [2.05, 4.69) is 4.90 Å². The number of hydrogen-bond donors (Lipinski definition) is 3. The molecular weight excluding hydrogens is 254 g/mol. The highest BCUT2D eigenvalue weighted by Gasteiger charge is 2.25. The lowest BCUT2D eigenvalue weighted by Gasteiger charge is -2.23. The number of carbonyl (C=O) groups excluding carboxylic acids is 1. The molecule has 0 aromatic heterocycles. The highest BCUT2D eigenvalue weighted by Crippen LogP contribution is 2.23. The van der Waals surface area contributed by atoms with Crippen molar-refractivity contribution in [3.8, 4) is 0 Å². The third kappa shape index (κ3) is 3.71. The number of aliphatic hydroxyl groups is 1. The van der Waals surface area contributed by atoms with E-state index in [-0.39, 0.29) is 0 Å². The van der Waals surface area contributed by atoms with Crippen LogP contribution in [0.1, 0.15) is 42.1 Å². The van der Waals surface area contributed by atoms with E-state index in [1.165, 1.54) is 0 Å². The van der Waals surface area contributed by atoms with E-state index in [0.717, 1.165) is 44.5 Å². The van der Waals surface area contributed by atoms with Gasteiger partial charge in [0.2, 0.25) is 5.91 Å². The second-order valence-corrected chi connectivity index (χ2v) is 5.90. The Labute approximate surface area is 119 Å². The first-order chi connectivity index (χ1) is 9.37. The first-order valence-corrected chi connectivity index (χ1v) is 7.00. The van der Waals surface area contributed by atoms with Crippen molar-refractivity contribution in [2.75, 3.05) is 18.8 Å². The molecule has 20 heavy (non-hydrogen) atoms. The fourth-order valence-electron chi connectivity index (χ4n) is 2.61. The van der Waals surface area contributed by atoms with Gasteiger partial charge in [0, 0.05) is 24.3 Å². The van der Waals surface area contributed by atoms with E-state index in [0.29, 0.717) is 11.3 Å². The number of carbonyl (C=O) groups is 1. The summed E-state index contributed by atoms with van der Waals surface area (Å²) in [5, 5.41) is 10.1. The lowest BCUT2D eigenvalue weighted by atomic mass is 9.98. The third-order valence-electron chi connectivity index (χ3n) is 3.98. The number of primary amides is 1. The summed E-state index contributed by atoms with van der Waals surface area (Å²) in [5.74, 6) is -0.464. The van der Waals surface area contributed by atoms with Gasteiger partial charge in [0.05, 0.1) is 5.60 Å². The van der Waals surface area contributed by atoms with Crippen LogP contribution < -0.4 is 11.5 Å². The molecule has 0 radical (unpaired) electrons. The molecule has 5 nitrogen and oxygen atoms in total. The van der Waals surface area contributed by atoms with Crippen LogP contribution in [0.2, 0.25) is 0 Å². The average Bonchev–Trinajstić information content (AvgIpc) is 2.53. The molecule has 1 aromatic carbocycles. The van der Waals surface area contributed by atoms with E-state index < -0.39 is 11.5 Å². The second kappa shape index (κ2) is 5.81. The molecule has 1 atom stereocenters. The summed E-state index contributed by atoms with van der Waals surface area (Å²) in [5.41, 5.74) is 12.7. The molecule has 5 N–H and O–H groups in total. The van der Waals surface area contributed by atoms with Gasteiger partial charge in [-0.05, 0) is 50.4 Å². The average molecular weight is 277 g/mol. The zero-order valence-corrected chi connectivity index (χ0v) is 11.9. The molecule has 0 saturated carbocycles. The number of nitrogen functional groups attached to an aromatic ring is 1. The van der Waals surface area contributed by atoms with Gasteiger partial charge in [0.1, 0.15) is 0 Å². The first-order valence-electron chi connectivity index (χ1n) is 7.00. The van der Waals surface area contributed by atoms with Crippen LogP contribution in [0.15, 0.2) is 18.2 Å². The molecule has 1 saturated heterocycles. The zero-order valence-electron chi connectivity index (χ0n) is 11.9. The summed E-state index contributed by atoms with van der Waals surface area (Å²) in [6, 6.07) is 5.20.